The molecule has 2 saturated heterocycles. The van der Waals surface area contributed by atoms with Gasteiger partial charge in [0, 0.05) is 11.5 Å². The van der Waals surface area contributed by atoms with Crippen LogP contribution in [0, 0.1) is 0 Å². The Morgan fingerprint density at radius 1 is 0.800 bits per heavy atom. The topological polar surface area (TPSA) is 77.5 Å². The van der Waals surface area contributed by atoms with Crippen LogP contribution in [-0.2, 0) is 18.9 Å². The van der Waals surface area contributed by atoms with Crippen molar-refractivity contribution in [2.45, 2.75) is 91.1 Å². The zero-order valence-electron chi connectivity index (χ0n) is 19.3. The fourth-order valence-electron chi connectivity index (χ4n) is 3.15. The molecule has 4 unspecified atom stereocenters. The smallest absolute Gasteiger partial charge is 0.412 e. The summed E-state index contributed by atoms with van der Waals surface area (Å²) in [5.74, 6) is 1.42. The Labute approximate surface area is 188 Å². The number of hydrogen-bond donors (Lipinski definition) is 0. The molecule has 0 aromatic heterocycles. The molecule has 0 aliphatic carbocycles. The van der Waals surface area contributed by atoms with Crippen LogP contribution in [0.3, 0.4) is 0 Å². The quantitative estimate of drug-likeness (QED) is 0.439. The summed E-state index contributed by atoms with van der Waals surface area (Å²) in [5.41, 5.74) is -1.09. The molecule has 2 aliphatic heterocycles. The zero-order chi connectivity index (χ0) is 22.7. The molecular weight excluding hydrogens is 428 g/mol. The van der Waals surface area contributed by atoms with Crippen LogP contribution in [0.2, 0.25) is 0 Å². The number of amides is 2. The lowest BCUT2D eigenvalue weighted by Crippen LogP contribution is -2.45. The average molecular weight is 465 g/mol. The Bertz CT molecular complexity index is 555. The van der Waals surface area contributed by atoms with Gasteiger partial charge in [0.1, 0.15) is 23.7 Å². The van der Waals surface area contributed by atoms with Crippen LogP contribution in [0.4, 0.5) is 9.59 Å². The molecule has 174 valence electrons. The predicted molar refractivity (Wildman–Crippen MR) is 119 cm³/mol. The molecule has 2 amide bonds. The fourth-order valence-corrected chi connectivity index (χ4v) is 5.69. The van der Waals surface area contributed by atoms with Crippen molar-refractivity contribution in [1.29, 1.82) is 0 Å². The van der Waals surface area contributed by atoms with Crippen LogP contribution in [0.1, 0.15) is 55.4 Å². The van der Waals surface area contributed by atoms with E-state index in [-0.39, 0.29) is 36.7 Å². The molecule has 2 aliphatic rings. The largest absolute Gasteiger partial charge is 0.444 e. The van der Waals surface area contributed by atoms with Crippen molar-refractivity contribution in [3.05, 3.63) is 0 Å². The first-order valence-corrected chi connectivity index (χ1v) is 12.8. The van der Waals surface area contributed by atoms with E-state index in [9.17, 15) is 9.59 Å². The lowest BCUT2D eigenvalue weighted by molar-refractivity contribution is -0.00692. The van der Waals surface area contributed by atoms with Crippen LogP contribution >= 0.6 is 21.6 Å². The van der Waals surface area contributed by atoms with Gasteiger partial charge in [-0.3, -0.25) is 9.80 Å². The number of nitrogens with zero attached hydrogens (tertiary/aromatic N) is 2. The number of carbonyl (C=O) groups excluding carboxylic acids is 2. The Hall–Kier alpha value is -0.840. The van der Waals surface area contributed by atoms with E-state index in [2.05, 4.69) is 0 Å². The van der Waals surface area contributed by atoms with E-state index in [1.165, 1.54) is 0 Å². The molecule has 10 heteroatoms. The first kappa shape index (κ1) is 25.4. The number of hydrogen-bond acceptors (Lipinski definition) is 8. The second-order valence-corrected chi connectivity index (χ2v) is 12.1. The highest BCUT2D eigenvalue weighted by molar-refractivity contribution is 8.76. The van der Waals surface area contributed by atoms with E-state index in [0.717, 1.165) is 0 Å². The van der Waals surface area contributed by atoms with E-state index < -0.39 is 11.2 Å². The molecule has 0 spiro atoms. The summed E-state index contributed by atoms with van der Waals surface area (Å²) in [7, 11) is 3.32. The second-order valence-electron chi connectivity index (χ2n) is 9.52. The van der Waals surface area contributed by atoms with Gasteiger partial charge in [-0.05, 0) is 55.4 Å². The third kappa shape index (κ3) is 7.39. The van der Waals surface area contributed by atoms with Crippen LogP contribution < -0.4 is 0 Å². The van der Waals surface area contributed by atoms with Crippen LogP contribution in [0.5, 0.6) is 0 Å². The van der Waals surface area contributed by atoms with Crippen molar-refractivity contribution >= 4 is 33.8 Å². The summed E-state index contributed by atoms with van der Waals surface area (Å²) < 4.78 is 22.4. The van der Waals surface area contributed by atoms with Crippen LogP contribution in [0.15, 0.2) is 0 Å². The van der Waals surface area contributed by atoms with E-state index in [1.54, 1.807) is 31.4 Å². The summed E-state index contributed by atoms with van der Waals surface area (Å²) in [4.78, 5) is 28.4. The maximum atomic E-state index is 12.5. The lowest BCUT2D eigenvalue weighted by atomic mass is 10.2. The fraction of sp³-hybridized carbons (Fsp3) is 0.900. The van der Waals surface area contributed by atoms with Gasteiger partial charge in [0.25, 0.3) is 0 Å². The molecule has 30 heavy (non-hydrogen) atoms. The SMILES string of the molecule is CC1OCC(CSSCC2COC(C)N2C(=O)OC(C)(C)C)N1C(=O)OC(C)(C)C. The zero-order valence-corrected chi connectivity index (χ0v) is 20.9. The normalized spacial score (nSPS) is 27.5. The summed E-state index contributed by atoms with van der Waals surface area (Å²) in [6, 6.07) is -0.0962. The Morgan fingerprint density at radius 3 is 1.43 bits per heavy atom. The summed E-state index contributed by atoms with van der Waals surface area (Å²) in [6.07, 6.45) is -1.31. The molecule has 0 saturated carbocycles. The van der Waals surface area contributed by atoms with Crippen molar-refractivity contribution in [2.75, 3.05) is 24.7 Å². The molecule has 2 fully saturated rings. The van der Waals surface area contributed by atoms with Gasteiger partial charge in [-0.1, -0.05) is 21.6 Å². The first-order valence-electron chi connectivity index (χ1n) is 10.3. The van der Waals surface area contributed by atoms with Gasteiger partial charge in [-0.25, -0.2) is 9.59 Å². The van der Waals surface area contributed by atoms with Crippen molar-refractivity contribution < 1.29 is 28.5 Å². The standard InChI is InChI=1S/C20H36N2O6S2/c1-13-21(17(23)27-19(3,4)5)15(9-25-13)11-29-30-12-16-10-26-14(2)22(16)18(24)28-20(6,7)8/h13-16H,9-12H2,1-8H3. The van der Waals surface area contributed by atoms with Gasteiger partial charge >= 0.3 is 12.2 Å². The molecule has 8 nitrogen and oxygen atoms in total. The van der Waals surface area contributed by atoms with Crippen molar-refractivity contribution in [1.82, 2.24) is 9.80 Å². The Balaban J connectivity index is 1.83. The van der Waals surface area contributed by atoms with Gasteiger partial charge in [0.2, 0.25) is 0 Å². The molecule has 2 rings (SSSR count). The molecule has 0 radical (unpaired) electrons. The highest BCUT2D eigenvalue weighted by atomic mass is 33.1. The van der Waals surface area contributed by atoms with E-state index in [1.807, 2.05) is 55.4 Å². The number of ether oxygens (including phenoxy) is 4. The van der Waals surface area contributed by atoms with Crippen molar-refractivity contribution in [2.24, 2.45) is 0 Å². The van der Waals surface area contributed by atoms with Crippen molar-refractivity contribution in [3.8, 4) is 0 Å². The molecule has 0 N–H and O–H groups in total. The minimum atomic E-state index is -0.546. The molecule has 2 heterocycles. The maximum absolute atomic E-state index is 12.5. The highest BCUT2D eigenvalue weighted by Crippen LogP contribution is 2.32. The van der Waals surface area contributed by atoms with Gasteiger partial charge in [-0.15, -0.1) is 0 Å². The minimum Gasteiger partial charge on any atom is -0.444 e. The van der Waals surface area contributed by atoms with Crippen LogP contribution in [0.25, 0.3) is 0 Å². The van der Waals surface area contributed by atoms with Gasteiger partial charge in [0.15, 0.2) is 0 Å². The summed E-state index contributed by atoms with van der Waals surface area (Å²) >= 11 is 0. The van der Waals surface area contributed by atoms with Crippen LogP contribution in [-0.4, -0.2) is 82.4 Å². The Morgan fingerprint density at radius 2 is 1.13 bits per heavy atom. The monoisotopic (exact) mass is 464 g/mol. The molecule has 0 bridgehead atoms. The molecule has 0 aromatic carbocycles. The third-order valence-corrected chi connectivity index (χ3v) is 6.97. The maximum Gasteiger partial charge on any atom is 0.412 e. The lowest BCUT2D eigenvalue weighted by Gasteiger charge is -2.30. The predicted octanol–water partition coefficient (Wildman–Crippen LogP) is 4.33. The third-order valence-electron chi connectivity index (χ3n) is 4.44. The second kappa shape index (κ2) is 10.2. The number of rotatable bonds is 5. The van der Waals surface area contributed by atoms with E-state index in [4.69, 9.17) is 18.9 Å². The molecule has 4 atom stereocenters. The summed E-state index contributed by atoms with van der Waals surface area (Å²) in [5, 5.41) is 0. The van der Waals surface area contributed by atoms with Gasteiger partial charge in [-0.2, -0.15) is 0 Å². The van der Waals surface area contributed by atoms with Crippen molar-refractivity contribution in [3.63, 3.8) is 0 Å². The van der Waals surface area contributed by atoms with E-state index >= 15 is 0 Å². The van der Waals surface area contributed by atoms with Gasteiger partial charge in [0.05, 0.1) is 25.3 Å². The molecule has 0 aromatic rings. The Kier molecular flexibility index (Phi) is 8.63. The van der Waals surface area contributed by atoms with E-state index in [0.29, 0.717) is 24.7 Å². The molecular formula is C20H36N2O6S2. The highest BCUT2D eigenvalue weighted by Gasteiger charge is 2.39. The minimum absolute atomic E-state index is 0.0481. The summed E-state index contributed by atoms with van der Waals surface area (Å²) in [6.45, 7) is 15.8. The van der Waals surface area contributed by atoms with Gasteiger partial charge < -0.3 is 18.9 Å². The average Bonchev–Trinajstić information content (AvgIpc) is 3.11. The number of carbonyl (C=O) groups is 2. The first-order chi connectivity index (χ1) is 13.8.